The second kappa shape index (κ2) is 6.52. The first-order valence-electron chi connectivity index (χ1n) is 7.54. The van der Waals surface area contributed by atoms with Crippen LogP contribution in [0.1, 0.15) is 17.8 Å². The lowest BCUT2D eigenvalue weighted by molar-refractivity contribution is 0.578. The number of nitrogens with zero attached hydrogens (tertiary/aromatic N) is 1. The summed E-state index contributed by atoms with van der Waals surface area (Å²) in [4.78, 5) is 8.02. The van der Waals surface area contributed by atoms with Gasteiger partial charge in [0.2, 0.25) is 10.0 Å². The van der Waals surface area contributed by atoms with E-state index in [9.17, 15) is 8.42 Å². The lowest BCUT2D eigenvalue weighted by Gasteiger charge is -2.06. The van der Waals surface area contributed by atoms with E-state index < -0.39 is 10.0 Å². The lowest BCUT2D eigenvalue weighted by atomic mass is 10.2. The summed E-state index contributed by atoms with van der Waals surface area (Å²) in [6.45, 7) is 2.31. The molecular formula is C17H19N3O2S. The predicted octanol–water partition coefficient (Wildman–Crippen LogP) is 2.78. The summed E-state index contributed by atoms with van der Waals surface area (Å²) in [5.74, 6) is 0.876. The normalized spacial score (nSPS) is 11.9. The highest BCUT2D eigenvalue weighted by atomic mass is 32.2. The monoisotopic (exact) mass is 329 g/mol. The molecule has 2 N–H and O–H groups in total. The van der Waals surface area contributed by atoms with Crippen LogP contribution in [0.2, 0.25) is 0 Å². The van der Waals surface area contributed by atoms with Crippen molar-refractivity contribution in [3.63, 3.8) is 0 Å². The van der Waals surface area contributed by atoms with Crippen LogP contribution in [0.5, 0.6) is 0 Å². The summed E-state index contributed by atoms with van der Waals surface area (Å²) in [6, 6.07) is 14.7. The highest BCUT2D eigenvalue weighted by molar-refractivity contribution is 7.89. The second-order valence-corrected chi connectivity index (χ2v) is 7.28. The first-order chi connectivity index (χ1) is 11.0. The lowest BCUT2D eigenvalue weighted by Crippen LogP contribution is -2.25. The molecule has 1 aromatic heterocycles. The Bertz CT molecular complexity index is 866. The Balaban J connectivity index is 1.55. The van der Waals surface area contributed by atoms with Crippen LogP contribution < -0.4 is 4.72 Å². The third kappa shape index (κ3) is 3.78. The summed E-state index contributed by atoms with van der Waals surface area (Å²) in [6.07, 6.45) is 1.38. The number of benzene rings is 2. The van der Waals surface area contributed by atoms with Gasteiger partial charge in [0, 0.05) is 13.0 Å². The Kier molecular flexibility index (Phi) is 4.45. The number of nitrogens with one attached hydrogen (secondary N) is 2. The van der Waals surface area contributed by atoms with Crippen LogP contribution in [-0.2, 0) is 16.4 Å². The fourth-order valence-electron chi connectivity index (χ4n) is 2.39. The van der Waals surface area contributed by atoms with Crippen molar-refractivity contribution in [3.05, 3.63) is 59.9 Å². The molecule has 0 fully saturated rings. The summed E-state index contributed by atoms with van der Waals surface area (Å²) in [5.41, 5.74) is 2.97. The van der Waals surface area contributed by atoms with Crippen LogP contribution in [0, 0.1) is 6.92 Å². The molecule has 23 heavy (non-hydrogen) atoms. The van der Waals surface area contributed by atoms with E-state index in [4.69, 9.17) is 0 Å². The van der Waals surface area contributed by atoms with Crippen molar-refractivity contribution in [2.75, 3.05) is 6.54 Å². The highest BCUT2D eigenvalue weighted by Crippen LogP contribution is 2.12. The average molecular weight is 329 g/mol. The molecule has 5 nitrogen and oxygen atoms in total. The van der Waals surface area contributed by atoms with Crippen molar-refractivity contribution in [2.45, 2.75) is 24.7 Å². The number of hydrogen-bond donors (Lipinski definition) is 2. The van der Waals surface area contributed by atoms with Gasteiger partial charge in [0.1, 0.15) is 5.82 Å². The number of rotatable bonds is 6. The molecule has 120 valence electrons. The molecule has 0 aliphatic rings. The molecule has 2 aromatic carbocycles. The van der Waals surface area contributed by atoms with Crippen LogP contribution in [0.25, 0.3) is 11.0 Å². The van der Waals surface area contributed by atoms with Gasteiger partial charge in [-0.15, -0.1) is 0 Å². The van der Waals surface area contributed by atoms with Crippen molar-refractivity contribution >= 4 is 21.1 Å². The minimum atomic E-state index is -3.44. The van der Waals surface area contributed by atoms with E-state index in [0.717, 1.165) is 22.4 Å². The van der Waals surface area contributed by atoms with Gasteiger partial charge in [-0.3, -0.25) is 0 Å². The molecule has 3 rings (SSSR count). The fraction of sp³-hybridized carbons (Fsp3) is 0.235. The molecule has 0 aliphatic carbocycles. The molecule has 1 heterocycles. The van der Waals surface area contributed by atoms with Crippen LogP contribution in [0.4, 0.5) is 0 Å². The maximum Gasteiger partial charge on any atom is 0.240 e. The van der Waals surface area contributed by atoms with E-state index in [2.05, 4.69) is 14.7 Å². The summed E-state index contributed by atoms with van der Waals surface area (Å²) in [5, 5.41) is 0. The molecule has 6 heteroatoms. The number of imidazole rings is 1. The van der Waals surface area contributed by atoms with Crippen molar-refractivity contribution in [3.8, 4) is 0 Å². The topological polar surface area (TPSA) is 74.8 Å². The maximum atomic E-state index is 12.2. The zero-order valence-electron chi connectivity index (χ0n) is 12.9. The van der Waals surface area contributed by atoms with E-state index in [1.54, 1.807) is 24.3 Å². The van der Waals surface area contributed by atoms with Crippen LogP contribution in [0.3, 0.4) is 0 Å². The smallest absolute Gasteiger partial charge is 0.240 e. The molecule has 0 bridgehead atoms. The number of H-pyrrole nitrogens is 1. The van der Waals surface area contributed by atoms with Crippen molar-refractivity contribution in [1.29, 1.82) is 0 Å². The predicted molar refractivity (Wildman–Crippen MR) is 90.8 cm³/mol. The van der Waals surface area contributed by atoms with Crippen LogP contribution >= 0.6 is 0 Å². The molecule has 0 saturated heterocycles. The summed E-state index contributed by atoms with van der Waals surface area (Å²) in [7, 11) is -3.44. The zero-order valence-corrected chi connectivity index (χ0v) is 13.7. The first kappa shape index (κ1) is 15.7. The van der Waals surface area contributed by atoms with Gasteiger partial charge < -0.3 is 4.98 Å². The maximum absolute atomic E-state index is 12.2. The average Bonchev–Trinajstić information content (AvgIpc) is 2.95. The number of para-hydroxylation sites is 2. The van der Waals surface area contributed by atoms with Gasteiger partial charge in [0.15, 0.2) is 0 Å². The van der Waals surface area contributed by atoms with E-state index >= 15 is 0 Å². The van der Waals surface area contributed by atoms with Gasteiger partial charge in [0.25, 0.3) is 0 Å². The summed E-state index contributed by atoms with van der Waals surface area (Å²) >= 11 is 0. The van der Waals surface area contributed by atoms with E-state index in [1.165, 1.54) is 0 Å². The number of sulfonamides is 1. The number of aryl methyl sites for hydroxylation is 2. The van der Waals surface area contributed by atoms with E-state index in [1.807, 2.05) is 31.2 Å². The Morgan fingerprint density at radius 1 is 1.09 bits per heavy atom. The quantitative estimate of drug-likeness (QED) is 0.683. The molecular weight excluding hydrogens is 310 g/mol. The van der Waals surface area contributed by atoms with Gasteiger partial charge in [-0.25, -0.2) is 18.1 Å². The summed E-state index contributed by atoms with van der Waals surface area (Å²) < 4.78 is 27.0. The Morgan fingerprint density at radius 2 is 1.83 bits per heavy atom. The van der Waals surface area contributed by atoms with Crippen molar-refractivity contribution in [2.24, 2.45) is 0 Å². The highest BCUT2D eigenvalue weighted by Gasteiger charge is 2.12. The van der Waals surface area contributed by atoms with E-state index in [-0.39, 0.29) is 0 Å². The molecule has 0 amide bonds. The van der Waals surface area contributed by atoms with E-state index in [0.29, 0.717) is 24.3 Å². The Hall–Kier alpha value is -2.18. The van der Waals surface area contributed by atoms with Gasteiger partial charge >= 0.3 is 0 Å². The molecule has 0 aliphatic heterocycles. The van der Waals surface area contributed by atoms with Gasteiger partial charge in [-0.05, 0) is 37.6 Å². The molecule has 0 unspecified atom stereocenters. The molecule has 0 atom stereocenters. The number of hydrogen-bond acceptors (Lipinski definition) is 3. The van der Waals surface area contributed by atoms with Crippen LogP contribution in [-0.4, -0.2) is 24.9 Å². The van der Waals surface area contributed by atoms with Gasteiger partial charge in [0.05, 0.1) is 15.9 Å². The standard InChI is InChI=1S/C17H19N3O2S/c1-13-8-10-14(11-9-13)23(21,22)18-12-4-7-17-19-15-5-2-3-6-16(15)20-17/h2-3,5-6,8-11,18H,4,7,12H2,1H3,(H,19,20). The second-order valence-electron chi connectivity index (χ2n) is 5.52. The van der Waals surface area contributed by atoms with Crippen molar-refractivity contribution < 1.29 is 8.42 Å². The fourth-order valence-corrected chi connectivity index (χ4v) is 3.46. The molecule has 0 radical (unpaired) electrons. The third-order valence-corrected chi connectivity index (χ3v) is 5.13. The first-order valence-corrected chi connectivity index (χ1v) is 9.03. The zero-order chi connectivity index (χ0) is 16.3. The number of fused-ring (bicyclic) bond motifs is 1. The van der Waals surface area contributed by atoms with Gasteiger partial charge in [-0.2, -0.15) is 0 Å². The molecule has 0 saturated carbocycles. The number of aromatic amines is 1. The number of aromatic nitrogens is 2. The third-order valence-electron chi connectivity index (χ3n) is 3.65. The Labute approximate surface area is 135 Å². The van der Waals surface area contributed by atoms with Crippen molar-refractivity contribution in [1.82, 2.24) is 14.7 Å². The largest absolute Gasteiger partial charge is 0.342 e. The minimum absolute atomic E-state index is 0.298. The SMILES string of the molecule is Cc1ccc(S(=O)(=O)NCCCc2nc3ccccc3[nH]2)cc1. The Morgan fingerprint density at radius 3 is 2.57 bits per heavy atom. The van der Waals surface area contributed by atoms with Gasteiger partial charge in [-0.1, -0.05) is 29.8 Å². The van der Waals surface area contributed by atoms with Crippen LogP contribution in [0.15, 0.2) is 53.4 Å². The molecule has 0 spiro atoms. The minimum Gasteiger partial charge on any atom is -0.342 e. The molecule has 3 aromatic rings.